The normalized spacial score (nSPS) is 37.2. The van der Waals surface area contributed by atoms with Gasteiger partial charge in [-0.1, -0.05) is 25.2 Å². The lowest BCUT2D eigenvalue weighted by atomic mass is 9.58. The molecule has 3 rings (SSSR count). The maximum atomic E-state index is 11.7. The molecule has 14 heavy (non-hydrogen) atoms. The van der Waals surface area contributed by atoms with Crippen LogP contribution in [0.1, 0.15) is 32.6 Å². The van der Waals surface area contributed by atoms with Crippen molar-refractivity contribution in [2.45, 2.75) is 32.6 Å². The zero-order valence-corrected chi connectivity index (χ0v) is 8.83. The van der Waals surface area contributed by atoms with Gasteiger partial charge in [-0.25, -0.2) is 0 Å². The van der Waals surface area contributed by atoms with Crippen LogP contribution in [-0.2, 0) is 4.79 Å². The molecule has 1 heteroatoms. The molecule has 0 spiro atoms. The summed E-state index contributed by atoms with van der Waals surface area (Å²) in [7, 11) is 0. The number of hydrogen-bond donors (Lipinski definition) is 0. The molecule has 0 aromatic rings. The predicted molar refractivity (Wildman–Crippen MR) is 57.9 cm³/mol. The molecule has 2 bridgehead atoms. The maximum Gasteiger partial charge on any atom is 0.140 e. The molecule has 1 saturated carbocycles. The second kappa shape index (κ2) is 3.38. The number of carbonyl (C=O) groups excluding carboxylic acids is 1. The van der Waals surface area contributed by atoms with Crippen molar-refractivity contribution >= 4 is 5.78 Å². The largest absolute Gasteiger partial charge is 0.299 e. The highest BCUT2D eigenvalue weighted by Crippen LogP contribution is 2.49. The van der Waals surface area contributed by atoms with Gasteiger partial charge >= 0.3 is 0 Å². The van der Waals surface area contributed by atoms with E-state index in [0.29, 0.717) is 11.7 Å². The van der Waals surface area contributed by atoms with Crippen molar-refractivity contribution in [1.29, 1.82) is 0 Å². The summed E-state index contributed by atoms with van der Waals surface area (Å²) in [6.45, 7) is 6.08. The van der Waals surface area contributed by atoms with E-state index in [1.165, 1.54) is 6.42 Å². The van der Waals surface area contributed by atoms with Crippen LogP contribution >= 0.6 is 0 Å². The fraction of sp³-hybridized carbons (Fsp3) is 0.615. The Morgan fingerprint density at radius 2 is 2.57 bits per heavy atom. The van der Waals surface area contributed by atoms with E-state index in [-0.39, 0.29) is 11.3 Å². The van der Waals surface area contributed by atoms with Crippen LogP contribution in [0.15, 0.2) is 24.8 Å². The Bertz CT molecular complexity index is 290. The van der Waals surface area contributed by atoms with Gasteiger partial charge in [0.05, 0.1) is 0 Å². The van der Waals surface area contributed by atoms with Crippen molar-refractivity contribution < 1.29 is 4.79 Å². The van der Waals surface area contributed by atoms with E-state index >= 15 is 0 Å². The number of ketones is 1. The highest BCUT2D eigenvalue weighted by molar-refractivity contribution is 5.85. The number of Topliss-reactive ketones (excluding diaryl/α,β-unsaturated/α-hetero) is 1. The van der Waals surface area contributed by atoms with Crippen LogP contribution in [0.4, 0.5) is 0 Å². The summed E-state index contributed by atoms with van der Waals surface area (Å²) in [5.74, 6) is 1.15. The Morgan fingerprint density at radius 3 is 3.00 bits per heavy atom. The Hall–Kier alpha value is -0.850. The van der Waals surface area contributed by atoms with Crippen LogP contribution in [0.3, 0.4) is 0 Å². The topological polar surface area (TPSA) is 17.1 Å². The van der Waals surface area contributed by atoms with E-state index in [9.17, 15) is 4.79 Å². The predicted octanol–water partition coefficient (Wildman–Crippen LogP) is 3.12. The summed E-state index contributed by atoms with van der Waals surface area (Å²) in [6.07, 6.45) is 10.5. The van der Waals surface area contributed by atoms with Gasteiger partial charge in [-0.05, 0) is 25.2 Å². The molecular formula is C13H18O. The van der Waals surface area contributed by atoms with Crippen LogP contribution < -0.4 is 0 Å². The molecule has 1 nitrogen and oxygen atoms in total. The fourth-order valence-corrected chi connectivity index (χ4v) is 3.03. The average Bonchev–Trinajstić information content (AvgIpc) is 2.20. The summed E-state index contributed by atoms with van der Waals surface area (Å²) in [5, 5.41) is 0. The van der Waals surface area contributed by atoms with Gasteiger partial charge in [0.2, 0.25) is 0 Å². The van der Waals surface area contributed by atoms with Gasteiger partial charge in [0.15, 0.2) is 0 Å². The van der Waals surface area contributed by atoms with Crippen LogP contribution in [0.2, 0.25) is 0 Å². The van der Waals surface area contributed by atoms with Crippen LogP contribution in [0, 0.1) is 17.3 Å². The first-order chi connectivity index (χ1) is 6.72. The zero-order chi connectivity index (χ0) is 10.2. The van der Waals surface area contributed by atoms with Crippen molar-refractivity contribution in [2.24, 2.45) is 17.3 Å². The monoisotopic (exact) mass is 190 g/mol. The third-order valence-corrected chi connectivity index (χ3v) is 3.96. The van der Waals surface area contributed by atoms with E-state index in [1.807, 2.05) is 6.08 Å². The number of allylic oxidation sites excluding steroid dienone is 3. The lowest BCUT2D eigenvalue weighted by Crippen LogP contribution is -2.40. The van der Waals surface area contributed by atoms with E-state index in [1.54, 1.807) is 0 Å². The van der Waals surface area contributed by atoms with Crippen molar-refractivity contribution in [3.8, 4) is 0 Å². The van der Waals surface area contributed by atoms with Gasteiger partial charge in [-0.2, -0.15) is 0 Å². The van der Waals surface area contributed by atoms with Crippen LogP contribution in [0.25, 0.3) is 0 Å². The zero-order valence-electron chi connectivity index (χ0n) is 8.83. The van der Waals surface area contributed by atoms with E-state index in [2.05, 4.69) is 25.7 Å². The molecule has 0 amide bonds. The van der Waals surface area contributed by atoms with Gasteiger partial charge in [-0.15, -0.1) is 6.58 Å². The van der Waals surface area contributed by atoms with E-state index < -0.39 is 0 Å². The first kappa shape index (κ1) is 9.70. The molecule has 0 radical (unpaired) electrons. The highest BCUT2D eigenvalue weighted by atomic mass is 16.1. The SMILES string of the molecule is C=CC(CC)C12C=CC(CC1)C(=O)C2. The molecule has 1 fully saturated rings. The molecular weight excluding hydrogens is 172 g/mol. The molecule has 0 saturated heterocycles. The molecule has 0 aromatic carbocycles. The van der Waals surface area contributed by atoms with Gasteiger partial charge < -0.3 is 0 Å². The second-order valence-corrected chi connectivity index (χ2v) is 4.63. The Kier molecular flexibility index (Phi) is 2.34. The van der Waals surface area contributed by atoms with Gasteiger partial charge in [0.1, 0.15) is 5.78 Å². The Morgan fingerprint density at radius 1 is 1.79 bits per heavy atom. The third kappa shape index (κ3) is 1.26. The lowest BCUT2D eigenvalue weighted by Gasteiger charge is -2.45. The molecule has 76 valence electrons. The minimum Gasteiger partial charge on any atom is -0.299 e. The minimum absolute atomic E-state index is 0.127. The first-order valence-corrected chi connectivity index (χ1v) is 5.56. The van der Waals surface area contributed by atoms with Crippen molar-refractivity contribution in [1.82, 2.24) is 0 Å². The number of fused-ring (bicyclic) bond motifs is 2. The fourth-order valence-electron chi connectivity index (χ4n) is 3.03. The lowest BCUT2D eigenvalue weighted by molar-refractivity contribution is -0.127. The van der Waals surface area contributed by atoms with Crippen molar-refractivity contribution in [3.63, 3.8) is 0 Å². The van der Waals surface area contributed by atoms with Gasteiger partial charge in [-0.3, -0.25) is 4.79 Å². The highest BCUT2D eigenvalue weighted by Gasteiger charge is 2.44. The molecule has 3 atom stereocenters. The number of rotatable bonds is 3. The molecule has 0 N–H and O–H groups in total. The molecule has 3 unspecified atom stereocenters. The van der Waals surface area contributed by atoms with Gasteiger partial charge in [0.25, 0.3) is 0 Å². The average molecular weight is 190 g/mol. The van der Waals surface area contributed by atoms with Crippen molar-refractivity contribution in [2.75, 3.05) is 0 Å². The Balaban J connectivity index is 2.31. The quantitative estimate of drug-likeness (QED) is 0.625. The van der Waals surface area contributed by atoms with Crippen LogP contribution in [-0.4, -0.2) is 5.78 Å². The molecule has 0 aromatic heterocycles. The summed E-state index contributed by atoms with van der Waals surface area (Å²) < 4.78 is 0. The standard InChI is InChI=1S/C13H18O/c1-3-11(4-2)13-7-5-10(6-8-13)12(14)9-13/h3,5,7,10-11H,1,4,6,8-9H2,2H3. The molecule has 3 aliphatic rings. The summed E-state index contributed by atoms with van der Waals surface area (Å²) in [6, 6.07) is 0. The van der Waals surface area contributed by atoms with E-state index in [4.69, 9.17) is 0 Å². The van der Waals surface area contributed by atoms with Crippen LogP contribution in [0.5, 0.6) is 0 Å². The van der Waals surface area contributed by atoms with E-state index in [0.717, 1.165) is 19.3 Å². The summed E-state index contributed by atoms with van der Waals surface area (Å²) in [4.78, 5) is 11.7. The molecule has 0 aliphatic heterocycles. The molecule has 0 heterocycles. The number of carbonyl (C=O) groups is 1. The smallest absolute Gasteiger partial charge is 0.140 e. The maximum absolute atomic E-state index is 11.7. The summed E-state index contributed by atoms with van der Waals surface area (Å²) in [5.41, 5.74) is 0.127. The minimum atomic E-state index is 0.127. The van der Waals surface area contributed by atoms with Gasteiger partial charge in [0, 0.05) is 17.8 Å². The first-order valence-electron chi connectivity index (χ1n) is 5.56. The molecule has 3 aliphatic carbocycles. The number of hydrogen-bond acceptors (Lipinski definition) is 1. The van der Waals surface area contributed by atoms with Crippen molar-refractivity contribution in [3.05, 3.63) is 24.8 Å². The Labute approximate surface area is 85.9 Å². The summed E-state index contributed by atoms with van der Waals surface area (Å²) >= 11 is 0. The third-order valence-electron chi connectivity index (χ3n) is 3.96. The second-order valence-electron chi connectivity index (χ2n) is 4.63.